The summed E-state index contributed by atoms with van der Waals surface area (Å²) in [6.07, 6.45) is 1.62. The molecule has 0 aromatic carbocycles. The van der Waals surface area contributed by atoms with Crippen LogP contribution in [0.25, 0.3) is 0 Å². The van der Waals surface area contributed by atoms with Crippen molar-refractivity contribution in [3.8, 4) is 0 Å². The lowest BCUT2D eigenvalue weighted by Crippen LogP contribution is -2.32. The second kappa shape index (κ2) is 1.90. The van der Waals surface area contributed by atoms with Crippen LogP contribution in [0.4, 0.5) is 0 Å². The van der Waals surface area contributed by atoms with Crippen LogP contribution >= 0.6 is 0 Å². The largest absolute Gasteiger partial charge is 0.328 e. The molecule has 2 rings (SSSR count). The van der Waals surface area contributed by atoms with Crippen LogP contribution in [0.1, 0.15) is 6.92 Å². The summed E-state index contributed by atoms with van der Waals surface area (Å²) >= 11 is 0. The summed E-state index contributed by atoms with van der Waals surface area (Å²) in [6.45, 7) is 2.80. The van der Waals surface area contributed by atoms with Gasteiger partial charge in [-0.05, 0) is 6.92 Å². The van der Waals surface area contributed by atoms with E-state index in [2.05, 4.69) is 20.0 Å². The van der Waals surface area contributed by atoms with Gasteiger partial charge in [0, 0.05) is 0 Å². The topological polar surface area (TPSA) is 53.4 Å². The van der Waals surface area contributed by atoms with Crippen molar-refractivity contribution < 1.29 is 0 Å². The van der Waals surface area contributed by atoms with E-state index in [1.807, 2.05) is 6.92 Å². The number of imidazole rings is 1. The number of fused-ring (bicyclic) bond motifs is 1. The highest BCUT2D eigenvalue weighted by Crippen LogP contribution is 1.88. The molecular weight excluding hydrogens is 128 g/mol. The predicted octanol–water partition coefficient (Wildman–Crippen LogP) is -0.949. The molecule has 52 valence electrons. The summed E-state index contributed by atoms with van der Waals surface area (Å²) in [5.41, 5.74) is 1.57. The molecule has 0 radical (unpaired) electrons. The molecule has 1 atom stereocenters. The first kappa shape index (κ1) is 5.58. The second-order valence-electron chi connectivity index (χ2n) is 2.39. The van der Waals surface area contributed by atoms with E-state index in [1.54, 1.807) is 6.33 Å². The Morgan fingerprint density at radius 2 is 2.60 bits per heavy atom. The maximum absolute atomic E-state index is 4.29. The first-order chi connectivity index (χ1) is 4.86. The van der Waals surface area contributed by atoms with Crippen molar-refractivity contribution in [2.24, 2.45) is 9.98 Å². The number of hydrogen-bond acceptors (Lipinski definition) is 3. The third-order valence-electron chi connectivity index (χ3n) is 1.45. The summed E-state index contributed by atoms with van der Waals surface area (Å²) in [6, 6.07) is 0.299. The van der Waals surface area contributed by atoms with E-state index in [4.69, 9.17) is 0 Å². The standard InChI is InChI=1S/C6H8N4/c1-4-2-7-5-6(10-4)9-3-8-5/h3-4H,2H2,1H3,(H,7,8,9,10). The second-order valence-corrected chi connectivity index (χ2v) is 2.39. The van der Waals surface area contributed by atoms with Crippen LogP contribution in [0.2, 0.25) is 0 Å². The Labute approximate surface area is 57.7 Å². The third-order valence-corrected chi connectivity index (χ3v) is 1.45. The van der Waals surface area contributed by atoms with Gasteiger partial charge in [-0.3, -0.25) is 9.98 Å². The van der Waals surface area contributed by atoms with E-state index in [0.29, 0.717) is 6.04 Å². The summed E-state index contributed by atoms with van der Waals surface area (Å²) in [5.74, 6) is 0. The monoisotopic (exact) mass is 136 g/mol. The number of H-pyrrole nitrogens is 1. The molecule has 0 amide bonds. The van der Waals surface area contributed by atoms with E-state index in [1.165, 1.54) is 0 Å². The Morgan fingerprint density at radius 3 is 3.50 bits per heavy atom. The Morgan fingerprint density at radius 1 is 1.70 bits per heavy atom. The van der Waals surface area contributed by atoms with Crippen LogP contribution in [-0.2, 0) is 0 Å². The maximum atomic E-state index is 4.29. The van der Waals surface area contributed by atoms with Crippen molar-refractivity contribution in [2.45, 2.75) is 13.0 Å². The van der Waals surface area contributed by atoms with Gasteiger partial charge in [0.15, 0.2) is 11.0 Å². The van der Waals surface area contributed by atoms with Gasteiger partial charge in [0.25, 0.3) is 0 Å². The van der Waals surface area contributed by atoms with Gasteiger partial charge in [-0.1, -0.05) is 0 Å². The van der Waals surface area contributed by atoms with Crippen LogP contribution in [0.15, 0.2) is 16.3 Å². The molecule has 10 heavy (non-hydrogen) atoms. The zero-order chi connectivity index (χ0) is 6.97. The Kier molecular flexibility index (Phi) is 1.06. The van der Waals surface area contributed by atoms with Gasteiger partial charge >= 0.3 is 0 Å². The number of hydrogen-bond donors (Lipinski definition) is 1. The first-order valence-corrected chi connectivity index (χ1v) is 3.28. The van der Waals surface area contributed by atoms with Gasteiger partial charge in [-0.25, -0.2) is 4.98 Å². The average molecular weight is 136 g/mol. The minimum Gasteiger partial charge on any atom is -0.328 e. The molecule has 0 fully saturated rings. The van der Waals surface area contributed by atoms with Crippen molar-refractivity contribution in [1.29, 1.82) is 0 Å². The fourth-order valence-electron chi connectivity index (χ4n) is 0.971. The smallest absolute Gasteiger partial charge is 0.192 e. The van der Waals surface area contributed by atoms with E-state index < -0.39 is 0 Å². The van der Waals surface area contributed by atoms with Gasteiger partial charge in [0.2, 0.25) is 0 Å². The Hall–Kier alpha value is -1.19. The molecule has 2 heterocycles. The molecule has 1 unspecified atom stereocenters. The lowest BCUT2D eigenvalue weighted by atomic mass is 10.3. The van der Waals surface area contributed by atoms with Gasteiger partial charge in [0.05, 0.1) is 18.9 Å². The minimum atomic E-state index is 0.299. The summed E-state index contributed by atoms with van der Waals surface area (Å²) in [7, 11) is 0. The normalized spacial score (nSPS) is 22.7. The highest BCUT2D eigenvalue weighted by molar-refractivity contribution is 4.80. The van der Waals surface area contributed by atoms with E-state index in [9.17, 15) is 0 Å². The van der Waals surface area contributed by atoms with Gasteiger partial charge in [-0.15, -0.1) is 0 Å². The molecule has 1 N–H and O–H groups in total. The van der Waals surface area contributed by atoms with Gasteiger partial charge < -0.3 is 4.98 Å². The molecular formula is C6H8N4. The molecule has 1 aromatic heterocycles. The van der Waals surface area contributed by atoms with Crippen molar-refractivity contribution in [1.82, 2.24) is 9.97 Å². The highest BCUT2D eigenvalue weighted by Gasteiger charge is 2.03. The summed E-state index contributed by atoms with van der Waals surface area (Å²) in [5, 5.41) is 0. The van der Waals surface area contributed by atoms with Crippen molar-refractivity contribution in [3.63, 3.8) is 0 Å². The Bertz CT molecular complexity index is 337. The van der Waals surface area contributed by atoms with Crippen LogP contribution in [0.5, 0.6) is 0 Å². The minimum absolute atomic E-state index is 0.299. The number of nitrogens with zero attached hydrogens (tertiary/aromatic N) is 3. The summed E-state index contributed by atoms with van der Waals surface area (Å²) < 4.78 is 0. The molecule has 1 aliphatic heterocycles. The molecule has 0 saturated heterocycles. The first-order valence-electron chi connectivity index (χ1n) is 3.28. The lowest BCUT2D eigenvalue weighted by molar-refractivity contribution is 0.681. The molecule has 0 bridgehead atoms. The van der Waals surface area contributed by atoms with Crippen molar-refractivity contribution in [2.75, 3.05) is 6.54 Å². The highest BCUT2D eigenvalue weighted by atomic mass is 15.0. The SMILES string of the molecule is CC1CN=c2nc[nH]c2=N1. The number of aromatic nitrogens is 2. The number of rotatable bonds is 0. The van der Waals surface area contributed by atoms with Crippen LogP contribution in [-0.4, -0.2) is 22.6 Å². The quantitative estimate of drug-likeness (QED) is 0.491. The zero-order valence-corrected chi connectivity index (χ0v) is 5.70. The predicted molar refractivity (Wildman–Crippen MR) is 35.2 cm³/mol. The van der Waals surface area contributed by atoms with Gasteiger partial charge in [0.1, 0.15) is 0 Å². The molecule has 1 aliphatic rings. The number of nitrogens with one attached hydrogen (secondary N) is 1. The van der Waals surface area contributed by atoms with Crippen molar-refractivity contribution >= 4 is 0 Å². The molecule has 0 spiro atoms. The fraction of sp³-hybridized carbons (Fsp3) is 0.500. The van der Waals surface area contributed by atoms with E-state index in [0.717, 1.165) is 17.5 Å². The fourth-order valence-corrected chi connectivity index (χ4v) is 0.971. The zero-order valence-electron chi connectivity index (χ0n) is 5.70. The summed E-state index contributed by atoms with van der Waals surface area (Å²) in [4.78, 5) is 15.4. The Balaban J connectivity index is 2.73. The maximum Gasteiger partial charge on any atom is 0.192 e. The molecule has 0 aliphatic carbocycles. The van der Waals surface area contributed by atoms with Crippen LogP contribution < -0.4 is 11.0 Å². The lowest BCUT2D eigenvalue weighted by Gasteiger charge is -2.01. The van der Waals surface area contributed by atoms with E-state index >= 15 is 0 Å². The van der Waals surface area contributed by atoms with Crippen LogP contribution in [0, 0.1) is 0 Å². The molecule has 0 saturated carbocycles. The average Bonchev–Trinajstić information content (AvgIpc) is 2.33. The molecule has 4 heteroatoms. The van der Waals surface area contributed by atoms with Crippen LogP contribution in [0.3, 0.4) is 0 Å². The van der Waals surface area contributed by atoms with E-state index in [-0.39, 0.29) is 0 Å². The van der Waals surface area contributed by atoms with Crippen molar-refractivity contribution in [3.05, 3.63) is 17.3 Å². The molecule has 1 aromatic rings. The third kappa shape index (κ3) is 0.725. The van der Waals surface area contributed by atoms with Gasteiger partial charge in [-0.2, -0.15) is 0 Å². The number of aromatic amines is 1. The molecule has 4 nitrogen and oxygen atoms in total.